The van der Waals surface area contributed by atoms with Crippen LogP contribution in [-0.4, -0.2) is 39.9 Å². The van der Waals surface area contributed by atoms with E-state index >= 15 is 0 Å². The van der Waals surface area contributed by atoms with E-state index in [1.165, 1.54) is 12.4 Å². The van der Waals surface area contributed by atoms with Gasteiger partial charge in [-0.1, -0.05) is 0 Å². The summed E-state index contributed by atoms with van der Waals surface area (Å²) in [6.07, 6.45) is 3.07. The molecule has 7 heteroatoms. The first-order valence-electron chi connectivity index (χ1n) is 7.32. The summed E-state index contributed by atoms with van der Waals surface area (Å²) in [5.41, 5.74) is -0.764. The molecule has 0 unspecified atom stereocenters. The number of esters is 1. The Balaban J connectivity index is 2.12. The lowest BCUT2D eigenvalue weighted by Gasteiger charge is -2.32. The number of nitrogens with zero attached hydrogens (tertiary/aromatic N) is 2. The van der Waals surface area contributed by atoms with Gasteiger partial charge in [0.25, 0.3) is 0 Å². The monoisotopic (exact) mass is 306 g/mol. The van der Waals surface area contributed by atoms with Crippen molar-refractivity contribution >= 4 is 18.6 Å². The lowest BCUT2D eigenvalue weighted by molar-refractivity contribution is 0.00555. The Bertz CT molecular complexity index is 548. The zero-order chi connectivity index (χ0) is 16.8. The first-order valence-corrected chi connectivity index (χ1v) is 7.32. The Morgan fingerprint density at radius 3 is 1.95 bits per heavy atom. The van der Waals surface area contributed by atoms with Gasteiger partial charge in [0.2, 0.25) is 5.82 Å². The van der Waals surface area contributed by atoms with Crippen molar-refractivity contribution < 1.29 is 18.8 Å². The van der Waals surface area contributed by atoms with Crippen LogP contribution in [0.5, 0.6) is 0 Å². The van der Waals surface area contributed by atoms with E-state index in [9.17, 15) is 4.79 Å². The van der Waals surface area contributed by atoms with Crippen molar-refractivity contribution in [3.05, 3.63) is 18.2 Å². The number of aromatic nitrogens is 2. The van der Waals surface area contributed by atoms with Crippen LogP contribution in [-0.2, 0) is 14.0 Å². The minimum Gasteiger partial charge on any atom is -0.454 e. The van der Waals surface area contributed by atoms with Crippen molar-refractivity contribution in [1.29, 1.82) is 0 Å². The molecule has 2 heterocycles. The van der Waals surface area contributed by atoms with Gasteiger partial charge in [0, 0.05) is 17.9 Å². The Morgan fingerprint density at radius 2 is 1.55 bits per heavy atom. The second-order valence-electron chi connectivity index (χ2n) is 7.43. The van der Waals surface area contributed by atoms with Gasteiger partial charge in [0.15, 0.2) is 0 Å². The minimum atomic E-state index is -0.579. The van der Waals surface area contributed by atoms with Crippen LogP contribution >= 0.6 is 0 Å². The molecule has 6 nitrogen and oxygen atoms in total. The third-order valence-corrected chi connectivity index (χ3v) is 3.78. The van der Waals surface area contributed by atoms with E-state index in [-0.39, 0.29) is 5.82 Å². The number of hydrogen-bond donors (Lipinski definition) is 0. The molecule has 0 spiro atoms. The van der Waals surface area contributed by atoms with E-state index in [0.717, 1.165) is 0 Å². The molecule has 2 rings (SSSR count). The average molecular weight is 306 g/mol. The van der Waals surface area contributed by atoms with Gasteiger partial charge in [-0.05, 0) is 48.5 Å². The molecule has 120 valence electrons. The molecule has 0 aromatic carbocycles. The van der Waals surface area contributed by atoms with E-state index in [1.807, 2.05) is 27.7 Å². The summed E-state index contributed by atoms with van der Waals surface area (Å²) < 4.78 is 17.1. The van der Waals surface area contributed by atoms with Gasteiger partial charge < -0.3 is 14.0 Å². The Labute approximate surface area is 131 Å². The third-order valence-electron chi connectivity index (χ3n) is 3.78. The highest BCUT2D eigenvalue weighted by molar-refractivity contribution is 6.61. The van der Waals surface area contributed by atoms with Crippen molar-refractivity contribution in [1.82, 2.24) is 9.97 Å². The summed E-state index contributed by atoms with van der Waals surface area (Å²) in [7, 11) is -0.544. The van der Waals surface area contributed by atoms with Gasteiger partial charge in [0.05, 0.1) is 11.2 Å². The Morgan fingerprint density at radius 1 is 1.09 bits per heavy atom. The fourth-order valence-corrected chi connectivity index (χ4v) is 1.87. The van der Waals surface area contributed by atoms with Gasteiger partial charge in [-0.25, -0.2) is 14.8 Å². The Hall–Kier alpha value is -1.47. The topological polar surface area (TPSA) is 70.5 Å². The number of rotatable bonds is 2. The second kappa shape index (κ2) is 5.31. The van der Waals surface area contributed by atoms with Crippen molar-refractivity contribution in [3.63, 3.8) is 0 Å². The fraction of sp³-hybridized carbons (Fsp3) is 0.667. The maximum Gasteiger partial charge on any atom is 0.498 e. The maximum atomic E-state index is 11.9. The first kappa shape index (κ1) is 16.9. The van der Waals surface area contributed by atoms with E-state index in [0.29, 0.717) is 5.46 Å². The summed E-state index contributed by atoms with van der Waals surface area (Å²) in [4.78, 5) is 20.0. The highest BCUT2D eigenvalue weighted by atomic mass is 16.7. The van der Waals surface area contributed by atoms with E-state index in [1.54, 1.807) is 20.8 Å². The van der Waals surface area contributed by atoms with Crippen molar-refractivity contribution in [2.24, 2.45) is 0 Å². The van der Waals surface area contributed by atoms with Gasteiger partial charge in [0.1, 0.15) is 5.60 Å². The Kier molecular flexibility index (Phi) is 4.08. The molecular formula is C15H23BN2O4. The molecule has 0 bridgehead atoms. The lowest BCUT2D eigenvalue weighted by atomic mass is 9.81. The van der Waals surface area contributed by atoms with Crippen LogP contribution < -0.4 is 5.46 Å². The van der Waals surface area contributed by atoms with Crippen LogP contribution in [0.15, 0.2) is 12.4 Å². The quantitative estimate of drug-likeness (QED) is 0.612. The third kappa shape index (κ3) is 3.47. The lowest BCUT2D eigenvalue weighted by Crippen LogP contribution is -2.41. The normalized spacial score (nSPS) is 20.0. The number of carbonyl (C=O) groups is 1. The molecule has 1 aromatic heterocycles. The average Bonchev–Trinajstić information content (AvgIpc) is 2.56. The maximum absolute atomic E-state index is 11.9. The molecular weight excluding hydrogens is 283 g/mol. The van der Waals surface area contributed by atoms with Crippen LogP contribution in [0, 0.1) is 0 Å². The number of hydrogen-bond acceptors (Lipinski definition) is 6. The van der Waals surface area contributed by atoms with Gasteiger partial charge in [-0.2, -0.15) is 0 Å². The second-order valence-corrected chi connectivity index (χ2v) is 7.43. The minimum absolute atomic E-state index is 0.0233. The smallest absolute Gasteiger partial charge is 0.454 e. The summed E-state index contributed by atoms with van der Waals surface area (Å²) in [5, 5.41) is 0. The van der Waals surface area contributed by atoms with Crippen LogP contribution in [0.2, 0.25) is 0 Å². The molecule has 1 aromatic rings. The molecule has 1 aliphatic rings. The number of carbonyl (C=O) groups excluding carboxylic acids is 1. The highest BCUT2D eigenvalue weighted by Gasteiger charge is 2.52. The van der Waals surface area contributed by atoms with Gasteiger partial charge >= 0.3 is 13.1 Å². The summed E-state index contributed by atoms with van der Waals surface area (Å²) >= 11 is 0. The predicted molar refractivity (Wildman–Crippen MR) is 82.9 cm³/mol. The van der Waals surface area contributed by atoms with Crippen molar-refractivity contribution in [2.45, 2.75) is 65.3 Å². The molecule has 1 saturated heterocycles. The molecule has 0 N–H and O–H groups in total. The first-order chi connectivity index (χ1) is 9.91. The summed E-state index contributed by atoms with van der Waals surface area (Å²) in [6.45, 7) is 13.3. The molecule has 0 radical (unpaired) electrons. The summed E-state index contributed by atoms with van der Waals surface area (Å²) in [6, 6.07) is 0. The molecule has 0 aliphatic carbocycles. The summed E-state index contributed by atoms with van der Waals surface area (Å²) in [5.74, 6) is -0.525. The molecule has 1 fully saturated rings. The molecule has 0 amide bonds. The molecule has 22 heavy (non-hydrogen) atoms. The molecule has 0 atom stereocenters. The van der Waals surface area contributed by atoms with E-state index in [2.05, 4.69) is 9.97 Å². The zero-order valence-electron chi connectivity index (χ0n) is 14.3. The van der Waals surface area contributed by atoms with E-state index < -0.39 is 29.9 Å². The van der Waals surface area contributed by atoms with Crippen LogP contribution in [0.3, 0.4) is 0 Å². The largest absolute Gasteiger partial charge is 0.498 e. The van der Waals surface area contributed by atoms with Gasteiger partial charge in [-0.3, -0.25) is 0 Å². The van der Waals surface area contributed by atoms with Crippen molar-refractivity contribution in [3.8, 4) is 0 Å². The zero-order valence-corrected chi connectivity index (χ0v) is 14.3. The van der Waals surface area contributed by atoms with Crippen LogP contribution in [0.25, 0.3) is 0 Å². The fourth-order valence-electron chi connectivity index (χ4n) is 1.87. The van der Waals surface area contributed by atoms with E-state index in [4.69, 9.17) is 14.0 Å². The van der Waals surface area contributed by atoms with Crippen molar-refractivity contribution in [2.75, 3.05) is 0 Å². The van der Waals surface area contributed by atoms with Crippen LogP contribution in [0.1, 0.15) is 59.1 Å². The number of ether oxygens (including phenoxy) is 1. The predicted octanol–water partition coefficient (Wildman–Crippen LogP) is 1.73. The van der Waals surface area contributed by atoms with Gasteiger partial charge in [-0.15, -0.1) is 0 Å². The highest BCUT2D eigenvalue weighted by Crippen LogP contribution is 2.36. The van der Waals surface area contributed by atoms with Crippen LogP contribution in [0.4, 0.5) is 0 Å². The standard InChI is InChI=1S/C15H23BN2O4/c1-13(2,3)20-12(19)11-17-8-10(9-18-11)16-21-14(4,5)15(6,7)22-16/h8-9H,1-7H3. The molecule has 0 saturated carbocycles. The molecule has 1 aliphatic heterocycles. The SMILES string of the molecule is CC(C)(C)OC(=O)c1ncc(B2OC(C)(C)C(C)(C)O2)cn1.